The fraction of sp³-hybridized carbons (Fsp3) is 0.294. The first-order chi connectivity index (χ1) is 19.1. The summed E-state index contributed by atoms with van der Waals surface area (Å²) in [5.74, 6) is -0.0651. The van der Waals surface area contributed by atoms with Crippen LogP contribution in [0.2, 0.25) is 0 Å². The maximum Gasteiger partial charge on any atom is 0.243 e. The first-order valence-electron chi connectivity index (χ1n) is 13.9. The highest BCUT2D eigenvalue weighted by atomic mass is 79.9. The van der Waals surface area contributed by atoms with Gasteiger partial charge in [-0.05, 0) is 58.9 Å². The van der Waals surface area contributed by atoms with E-state index in [4.69, 9.17) is 0 Å². The second-order valence-corrected chi connectivity index (χ2v) is 11.4. The van der Waals surface area contributed by atoms with Crippen molar-refractivity contribution in [1.82, 2.24) is 10.2 Å². The molecule has 0 unspecified atom stereocenters. The Hall–Kier alpha value is -3.44. The van der Waals surface area contributed by atoms with Crippen LogP contribution in [0.25, 0.3) is 10.8 Å². The standard InChI is InChI=1S/C34H35BrN2O2/c35-29-16-8-12-26(22-29)24-37(33(38)21-20-28-15-9-14-27-13-4-7-19-31(27)28)32(23-25-10-2-1-3-11-25)34(39)36-30-17-5-6-18-30/h1-4,7-16,19,22,30,32H,5-6,17-18,20-21,23-24H2,(H,36,39)/t32-/m1/s1. The fourth-order valence-electron chi connectivity index (χ4n) is 5.65. The van der Waals surface area contributed by atoms with Crippen LogP contribution in [0.4, 0.5) is 0 Å². The zero-order chi connectivity index (χ0) is 27.0. The molecular formula is C34H35BrN2O2. The number of benzene rings is 4. The lowest BCUT2D eigenvalue weighted by atomic mass is 9.99. The molecule has 4 nitrogen and oxygen atoms in total. The van der Waals surface area contributed by atoms with E-state index < -0.39 is 6.04 Å². The van der Waals surface area contributed by atoms with Crippen LogP contribution in [0.5, 0.6) is 0 Å². The first kappa shape index (κ1) is 27.1. The summed E-state index contributed by atoms with van der Waals surface area (Å²) in [5, 5.41) is 5.63. The predicted molar refractivity (Wildman–Crippen MR) is 161 cm³/mol. The number of fused-ring (bicyclic) bond motifs is 1. The highest BCUT2D eigenvalue weighted by molar-refractivity contribution is 9.10. The number of nitrogens with zero attached hydrogens (tertiary/aromatic N) is 1. The average Bonchev–Trinajstić information content (AvgIpc) is 3.47. The molecule has 5 rings (SSSR count). The molecule has 1 fully saturated rings. The highest BCUT2D eigenvalue weighted by Crippen LogP contribution is 2.23. The number of nitrogens with one attached hydrogen (secondary N) is 1. The van der Waals surface area contributed by atoms with E-state index in [2.05, 4.69) is 51.6 Å². The lowest BCUT2D eigenvalue weighted by Crippen LogP contribution is -2.52. The van der Waals surface area contributed by atoms with Crippen molar-refractivity contribution in [3.05, 3.63) is 118 Å². The van der Waals surface area contributed by atoms with Crippen LogP contribution in [0.1, 0.15) is 48.8 Å². The molecule has 0 radical (unpaired) electrons. The smallest absolute Gasteiger partial charge is 0.243 e. The number of aryl methyl sites for hydroxylation is 1. The summed E-state index contributed by atoms with van der Waals surface area (Å²) in [5.41, 5.74) is 3.19. The molecule has 5 heteroatoms. The molecule has 1 saturated carbocycles. The lowest BCUT2D eigenvalue weighted by molar-refractivity contribution is -0.141. The summed E-state index contributed by atoms with van der Waals surface area (Å²) < 4.78 is 0.957. The van der Waals surface area contributed by atoms with Gasteiger partial charge in [0.05, 0.1) is 0 Å². The van der Waals surface area contributed by atoms with Crippen LogP contribution in [0.3, 0.4) is 0 Å². The predicted octanol–water partition coefficient (Wildman–Crippen LogP) is 7.23. The van der Waals surface area contributed by atoms with Crippen molar-refractivity contribution in [3.8, 4) is 0 Å². The van der Waals surface area contributed by atoms with Crippen LogP contribution in [-0.2, 0) is 29.0 Å². The molecule has 1 aliphatic carbocycles. The van der Waals surface area contributed by atoms with Gasteiger partial charge in [0.15, 0.2) is 0 Å². The van der Waals surface area contributed by atoms with Gasteiger partial charge >= 0.3 is 0 Å². The van der Waals surface area contributed by atoms with E-state index in [0.717, 1.165) is 46.8 Å². The van der Waals surface area contributed by atoms with E-state index in [0.29, 0.717) is 25.8 Å². The molecule has 4 aromatic carbocycles. The van der Waals surface area contributed by atoms with Crippen molar-refractivity contribution in [3.63, 3.8) is 0 Å². The van der Waals surface area contributed by atoms with Crippen molar-refractivity contribution < 1.29 is 9.59 Å². The van der Waals surface area contributed by atoms with Crippen LogP contribution < -0.4 is 5.32 Å². The minimum Gasteiger partial charge on any atom is -0.352 e. The Bertz CT molecular complexity index is 1410. The molecule has 0 aromatic heterocycles. The van der Waals surface area contributed by atoms with Crippen LogP contribution in [0, 0.1) is 0 Å². The maximum atomic E-state index is 14.0. The Kier molecular flexibility index (Phi) is 9.10. The Labute approximate surface area is 239 Å². The lowest BCUT2D eigenvalue weighted by Gasteiger charge is -2.32. The quantitative estimate of drug-likeness (QED) is 0.214. The molecule has 0 saturated heterocycles. The molecule has 0 spiro atoms. The molecule has 2 amide bonds. The van der Waals surface area contributed by atoms with Crippen molar-refractivity contribution in [2.24, 2.45) is 0 Å². The molecule has 0 aliphatic heterocycles. The van der Waals surface area contributed by atoms with Gasteiger partial charge in [-0.15, -0.1) is 0 Å². The van der Waals surface area contributed by atoms with Crippen molar-refractivity contribution >= 4 is 38.5 Å². The molecule has 0 bridgehead atoms. The number of halogens is 1. The summed E-state index contributed by atoms with van der Waals surface area (Å²) in [4.78, 5) is 29.7. The largest absolute Gasteiger partial charge is 0.352 e. The van der Waals surface area contributed by atoms with Crippen molar-refractivity contribution in [2.75, 3.05) is 0 Å². The van der Waals surface area contributed by atoms with E-state index in [1.54, 1.807) is 0 Å². The van der Waals surface area contributed by atoms with Crippen LogP contribution in [0.15, 0.2) is 102 Å². The summed E-state index contributed by atoms with van der Waals surface area (Å²) in [6.07, 6.45) is 5.73. The Morgan fingerprint density at radius 1 is 0.846 bits per heavy atom. The SMILES string of the molecule is O=C(NC1CCCC1)[C@@H](Cc1ccccc1)N(Cc1cccc(Br)c1)C(=O)CCc1cccc2ccccc12. The molecule has 4 aromatic rings. The van der Waals surface area contributed by atoms with Gasteiger partial charge in [0, 0.05) is 29.9 Å². The topological polar surface area (TPSA) is 49.4 Å². The highest BCUT2D eigenvalue weighted by Gasteiger charge is 2.32. The Morgan fingerprint density at radius 3 is 2.33 bits per heavy atom. The molecule has 0 heterocycles. The van der Waals surface area contributed by atoms with Gasteiger partial charge in [0.2, 0.25) is 11.8 Å². The Balaban J connectivity index is 1.44. The number of rotatable bonds is 10. The summed E-state index contributed by atoms with van der Waals surface area (Å²) in [6, 6.07) is 32.2. The van der Waals surface area contributed by atoms with E-state index in [-0.39, 0.29) is 17.9 Å². The molecular weight excluding hydrogens is 548 g/mol. The van der Waals surface area contributed by atoms with Crippen molar-refractivity contribution in [1.29, 1.82) is 0 Å². The van der Waals surface area contributed by atoms with E-state index in [9.17, 15) is 9.59 Å². The summed E-state index contributed by atoms with van der Waals surface area (Å²) >= 11 is 3.57. The first-order valence-corrected chi connectivity index (χ1v) is 14.7. The molecule has 200 valence electrons. The zero-order valence-corrected chi connectivity index (χ0v) is 23.8. The third-order valence-corrected chi connectivity index (χ3v) is 8.20. The number of carbonyl (C=O) groups is 2. The summed E-state index contributed by atoms with van der Waals surface area (Å²) in [7, 11) is 0. The number of hydrogen-bond acceptors (Lipinski definition) is 2. The van der Waals surface area contributed by atoms with Crippen LogP contribution >= 0.6 is 15.9 Å². The zero-order valence-electron chi connectivity index (χ0n) is 22.2. The van der Waals surface area contributed by atoms with Gasteiger partial charge in [-0.3, -0.25) is 9.59 Å². The van der Waals surface area contributed by atoms with Crippen LogP contribution in [-0.4, -0.2) is 28.8 Å². The minimum atomic E-state index is -0.591. The van der Waals surface area contributed by atoms with Gasteiger partial charge in [-0.25, -0.2) is 0 Å². The number of amides is 2. The van der Waals surface area contributed by atoms with Gasteiger partial charge in [0.1, 0.15) is 6.04 Å². The maximum absolute atomic E-state index is 14.0. The fourth-order valence-corrected chi connectivity index (χ4v) is 6.10. The molecule has 1 atom stereocenters. The minimum absolute atomic E-state index is 0.00888. The Morgan fingerprint density at radius 2 is 1.54 bits per heavy atom. The van der Waals surface area contributed by atoms with Gasteiger partial charge in [-0.1, -0.05) is 114 Å². The number of carbonyl (C=O) groups excluding carboxylic acids is 2. The average molecular weight is 584 g/mol. The van der Waals surface area contributed by atoms with Gasteiger partial charge < -0.3 is 10.2 Å². The number of hydrogen-bond donors (Lipinski definition) is 1. The molecule has 1 aliphatic rings. The third-order valence-electron chi connectivity index (χ3n) is 7.70. The molecule has 39 heavy (non-hydrogen) atoms. The van der Waals surface area contributed by atoms with E-state index in [1.807, 2.05) is 71.6 Å². The monoisotopic (exact) mass is 582 g/mol. The van der Waals surface area contributed by atoms with Gasteiger partial charge in [0.25, 0.3) is 0 Å². The van der Waals surface area contributed by atoms with Gasteiger partial charge in [-0.2, -0.15) is 0 Å². The van der Waals surface area contributed by atoms with E-state index >= 15 is 0 Å². The normalized spacial score (nSPS) is 14.3. The third kappa shape index (κ3) is 7.15. The second-order valence-electron chi connectivity index (χ2n) is 10.5. The molecule has 1 N–H and O–H groups in total. The van der Waals surface area contributed by atoms with E-state index in [1.165, 1.54) is 10.8 Å². The second kappa shape index (κ2) is 13.1. The van der Waals surface area contributed by atoms with Crippen molar-refractivity contribution in [2.45, 2.75) is 63.6 Å². The summed E-state index contributed by atoms with van der Waals surface area (Å²) in [6.45, 7) is 0.378.